The van der Waals surface area contributed by atoms with Gasteiger partial charge >= 0.3 is 0 Å². The fourth-order valence-corrected chi connectivity index (χ4v) is 3.62. The minimum atomic E-state index is -2.30. The number of nitrogens with zero attached hydrogens (tertiary/aromatic N) is 3. The lowest BCUT2D eigenvalue weighted by atomic mass is 10.7. The molecule has 0 aliphatic rings. The summed E-state index contributed by atoms with van der Waals surface area (Å²) in [5, 5.41) is 2.80. The maximum absolute atomic E-state index is 5.55. The van der Waals surface area contributed by atoms with Crippen molar-refractivity contribution in [1.82, 2.24) is 15.0 Å². The molecule has 7 nitrogen and oxygen atoms in total. The highest BCUT2D eigenvalue weighted by Crippen LogP contribution is 2.60. The van der Waals surface area contributed by atoms with E-state index in [2.05, 4.69) is 20.3 Å². The summed E-state index contributed by atoms with van der Waals surface area (Å²) in [5.74, 6) is 1.59. The van der Waals surface area contributed by atoms with E-state index in [1.807, 2.05) is 0 Å². The highest BCUT2D eigenvalue weighted by Gasteiger charge is 2.17. The van der Waals surface area contributed by atoms with Gasteiger partial charge in [-0.05, 0) is 11.8 Å². The van der Waals surface area contributed by atoms with Crippen LogP contribution in [0.5, 0.6) is 0 Å². The van der Waals surface area contributed by atoms with Crippen LogP contribution in [0.25, 0.3) is 0 Å². The predicted molar refractivity (Wildman–Crippen MR) is 73.4 cm³/mol. The van der Waals surface area contributed by atoms with Crippen molar-refractivity contribution < 1.29 is 9.05 Å². The zero-order chi connectivity index (χ0) is 12.9. The van der Waals surface area contributed by atoms with Crippen molar-refractivity contribution in [2.75, 3.05) is 32.3 Å². The van der Waals surface area contributed by atoms with Crippen molar-refractivity contribution in [1.29, 1.82) is 0 Å². The quantitative estimate of drug-likeness (QED) is 0.751. The standard InChI is InChI=1S/C7H14N5O2PS2/c1-9-7-11-5(10-6(8)12-7)4-17-15(16,13-2)14-3/h4H2,1-3H3,(H3,8,9,10,11,12). The molecule has 0 unspecified atom stereocenters. The summed E-state index contributed by atoms with van der Waals surface area (Å²) in [7, 11) is 4.76. The third-order valence-corrected chi connectivity index (χ3v) is 7.39. The Balaban J connectivity index is 2.75. The molecule has 0 amide bonds. The summed E-state index contributed by atoms with van der Waals surface area (Å²) in [6.45, 7) is 0. The molecule has 0 fully saturated rings. The minimum Gasteiger partial charge on any atom is -0.368 e. The number of nitrogen functional groups attached to an aromatic ring is 1. The fraction of sp³-hybridized carbons (Fsp3) is 0.571. The largest absolute Gasteiger partial charge is 0.368 e. The van der Waals surface area contributed by atoms with Crippen molar-refractivity contribution in [3.8, 4) is 0 Å². The number of nitrogens with one attached hydrogen (secondary N) is 1. The van der Waals surface area contributed by atoms with E-state index >= 15 is 0 Å². The van der Waals surface area contributed by atoms with Crippen LogP contribution in [0.2, 0.25) is 0 Å². The molecule has 10 heteroatoms. The SMILES string of the molecule is CNc1nc(N)nc(CSP(=S)(OC)OC)n1. The monoisotopic (exact) mass is 295 g/mol. The molecular weight excluding hydrogens is 281 g/mol. The van der Waals surface area contributed by atoms with E-state index in [9.17, 15) is 0 Å². The highest BCUT2D eigenvalue weighted by molar-refractivity contribution is 8.67. The molecule has 0 atom stereocenters. The average Bonchev–Trinajstić information content (AvgIpc) is 2.35. The molecular formula is C7H14N5O2PS2. The molecule has 1 rings (SSSR count). The number of hydrogen-bond acceptors (Lipinski definition) is 9. The van der Waals surface area contributed by atoms with Gasteiger partial charge in [0.15, 0.2) is 0 Å². The van der Waals surface area contributed by atoms with Gasteiger partial charge in [-0.1, -0.05) is 11.4 Å². The van der Waals surface area contributed by atoms with E-state index in [1.165, 1.54) is 25.6 Å². The number of nitrogens with two attached hydrogens (primary N) is 1. The molecule has 0 aliphatic carbocycles. The third kappa shape index (κ3) is 4.36. The first-order valence-electron chi connectivity index (χ1n) is 4.57. The lowest BCUT2D eigenvalue weighted by Crippen LogP contribution is -2.06. The normalized spacial score (nSPS) is 11.5. The molecule has 1 aromatic heterocycles. The van der Waals surface area contributed by atoms with Crippen molar-refractivity contribution >= 4 is 40.8 Å². The van der Waals surface area contributed by atoms with Gasteiger partial charge in [0, 0.05) is 21.3 Å². The average molecular weight is 295 g/mol. The lowest BCUT2D eigenvalue weighted by molar-refractivity contribution is 0.354. The van der Waals surface area contributed by atoms with Gasteiger partial charge in [-0.15, -0.1) is 0 Å². The fourth-order valence-electron chi connectivity index (χ4n) is 0.931. The van der Waals surface area contributed by atoms with Crippen molar-refractivity contribution in [2.45, 2.75) is 5.75 Å². The Labute approximate surface area is 109 Å². The van der Waals surface area contributed by atoms with Crippen molar-refractivity contribution in [3.63, 3.8) is 0 Å². The van der Waals surface area contributed by atoms with Crippen LogP contribution in [0.4, 0.5) is 11.9 Å². The van der Waals surface area contributed by atoms with Crippen LogP contribution >= 0.6 is 17.1 Å². The molecule has 1 aromatic rings. The maximum Gasteiger partial charge on any atom is 0.247 e. The molecule has 1 heterocycles. The van der Waals surface area contributed by atoms with E-state index in [0.717, 1.165) is 0 Å². The second-order valence-corrected chi connectivity index (χ2v) is 9.29. The topological polar surface area (TPSA) is 95.2 Å². The van der Waals surface area contributed by atoms with Crippen LogP contribution in [0.3, 0.4) is 0 Å². The molecule has 96 valence electrons. The Morgan fingerprint density at radius 1 is 1.35 bits per heavy atom. The molecule has 0 spiro atoms. The van der Waals surface area contributed by atoms with Crippen LogP contribution in [0, 0.1) is 0 Å². The summed E-state index contributed by atoms with van der Waals surface area (Å²) in [4.78, 5) is 12.1. The summed E-state index contributed by atoms with van der Waals surface area (Å²) < 4.78 is 10.3. The molecule has 0 radical (unpaired) electrons. The molecule has 17 heavy (non-hydrogen) atoms. The zero-order valence-electron chi connectivity index (χ0n) is 9.71. The van der Waals surface area contributed by atoms with E-state index in [-0.39, 0.29) is 5.95 Å². The number of aromatic nitrogens is 3. The first-order valence-corrected chi connectivity index (χ1v) is 8.80. The Kier molecular flexibility index (Phi) is 5.54. The lowest BCUT2D eigenvalue weighted by Gasteiger charge is -2.15. The molecule has 3 N–H and O–H groups in total. The van der Waals surface area contributed by atoms with E-state index in [4.69, 9.17) is 26.6 Å². The Morgan fingerprint density at radius 2 is 2.00 bits per heavy atom. The van der Waals surface area contributed by atoms with E-state index in [1.54, 1.807) is 7.05 Å². The minimum absolute atomic E-state index is 0.170. The van der Waals surface area contributed by atoms with Gasteiger partial charge in [0.25, 0.3) is 0 Å². The molecule has 0 bridgehead atoms. The summed E-state index contributed by atoms with van der Waals surface area (Å²) in [6, 6.07) is 0. The van der Waals surface area contributed by atoms with Gasteiger partial charge in [-0.25, -0.2) is 0 Å². The van der Waals surface area contributed by atoms with Gasteiger partial charge in [0.1, 0.15) is 5.82 Å². The van der Waals surface area contributed by atoms with Gasteiger partial charge < -0.3 is 20.1 Å². The van der Waals surface area contributed by atoms with Crippen LogP contribution < -0.4 is 11.1 Å². The number of hydrogen-bond donors (Lipinski definition) is 2. The van der Waals surface area contributed by atoms with Crippen LogP contribution in [-0.4, -0.2) is 36.2 Å². The third-order valence-electron chi connectivity index (χ3n) is 1.72. The Hall–Kier alpha value is -0.470. The first-order chi connectivity index (χ1) is 8.03. The summed E-state index contributed by atoms with van der Waals surface area (Å²) >= 11 is 6.56. The predicted octanol–water partition coefficient (Wildman–Crippen LogP) is 1.25. The molecule has 0 saturated carbocycles. The molecule has 0 aromatic carbocycles. The van der Waals surface area contributed by atoms with Crippen LogP contribution in [-0.2, 0) is 26.6 Å². The second-order valence-electron chi connectivity index (χ2n) is 2.77. The molecule has 0 saturated heterocycles. The van der Waals surface area contributed by atoms with Gasteiger partial charge in [-0.2, -0.15) is 15.0 Å². The van der Waals surface area contributed by atoms with Crippen molar-refractivity contribution in [3.05, 3.63) is 5.82 Å². The van der Waals surface area contributed by atoms with Gasteiger partial charge in [0.2, 0.25) is 17.6 Å². The first kappa shape index (κ1) is 14.6. The molecule has 0 aliphatic heterocycles. The number of anilines is 2. The van der Waals surface area contributed by atoms with Gasteiger partial charge in [-0.3, -0.25) is 0 Å². The van der Waals surface area contributed by atoms with E-state index in [0.29, 0.717) is 17.5 Å². The Morgan fingerprint density at radius 3 is 2.53 bits per heavy atom. The van der Waals surface area contributed by atoms with E-state index < -0.39 is 5.69 Å². The Bertz CT molecular complexity index is 425. The number of rotatable bonds is 6. The second kappa shape index (κ2) is 6.46. The smallest absolute Gasteiger partial charge is 0.247 e. The van der Waals surface area contributed by atoms with Crippen LogP contribution in [0.1, 0.15) is 5.82 Å². The van der Waals surface area contributed by atoms with Crippen molar-refractivity contribution in [2.24, 2.45) is 0 Å². The summed E-state index contributed by atoms with van der Waals surface area (Å²) in [5.41, 5.74) is 3.25. The summed E-state index contributed by atoms with van der Waals surface area (Å²) in [6.07, 6.45) is 0. The zero-order valence-corrected chi connectivity index (χ0v) is 12.2. The van der Waals surface area contributed by atoms with Crippen LogP contribution in [0.15, 0.2) is 0 Å². The highest BCUT2D eigenvalue weighted by atomic mass is 32.9. The van der Waals surface area contributed by atoms with Gasteiger partial charge in [0.05, 0.1) is 5.75 Å². The maximum atomic E-state index is 5.55.